The van der Waals surface area contributed by atoms with Crippen LogP contribution in [-0.2, 0) is 0 Å². The van der Waals surface area contributed by atoms with E-state index in [9.17, 15) is 0 Å². The molecule has 2 heterocycles. The average molecular weight is 261 g/mol. The molecule has 3 fully saturated rings. The third kappa shape index (κ3) is 3.12. The van der Waals surface area contributed by atoms with Crippen LogP contribution in [0.25, 0.3) is 0 Å². The minimum atomic E-state index is 0.296. The van der Waals surface area contributed by atoms with Crippen LogP contribution < -0.4 is 0 Å². The monoisotopic (exact) mass is 261 g/mol. The van der Waals surface area contributed by atoms with Gasteiger partial charge in [-0.1, -0.05) is 19.3 Å². The Kier molecular flexibility index (Phi) is 4.40. The van der Waals surface area contributed by atoms with Gasteiger partial charge >= 0.3 is 0 Å². The molecule has 1 aliphatic carbocycles. The maximum Gasteiger partial charge on any atom is 0.0669 e. The summed E-state index contributed by atoms with van der Waals surface area (Å²) in [5.41, 5.74) is 0. The van der Waals surface area contributed by atoms with Gasteiger partial charge in [-0.25, -0.2) is 0 Å². The molecule has 0 radical (unpaired) electrons. The van der Waals surface area contributed by atoms with Crippen LogP contribution >= 0.6 is 0 Å². The first-order chi connectivity index (χ1) is 9.36. The molecule has 106 valence electrons. The summed E-state index contributed by atoms with van der Waals surface area (Å²) in [6, 6.07) is 4.05. The van der Waals surface area contributed by atoms with Gasteiger partial charge in [0.1, 0.15) is 0 Å². The highest BCUT2D eigenvalue weighted by Crippen LogP contribution is 2.28. The Hall–Kier alpha value is -0.590. The second-order valence-electron chi connectivity index (χ2n) is 6.69. The summed E-state index contributed by atoms with van der Waals surface area (Å²) in [5.74, 6) is 0.296. The van der Waals surface area contributed by atoms with Crippen LogP contribution in [0, 0.1) is 17.2 Å². The van der Waals surface area contributed by atoms with Gasteiger partial charge in [0.2, 0.25) is 0 Å². The van der Waals surface area contributed by atoms with Gasteiger partial charge in [0.25, 0.3) is 0 Å². The molecule has 2 atom stereocenters. The fourth-order valence-electron chi connectivity index (χ4n) is 4.28. The van der Waals surface area contributed by atoms with Crippen LogP contribution in [-0.4, -0.2) is 48.1 Å². The van der Waals surface area contributed by atoms with Gasteiger partial charge in [0, 0.05) is 25.2 Å². The highest BCUT2D eigenvalue weighted by Gasteiger charge is 2.33. The maximum atomic E-state index is 9.05. The molecule has 0 spiro atoms. The molecule has 0 N–H and O–H groups in total. The summed E-state index contributed by atoms with van der Waals surface area (Å²) < 4.78 is 0. The van der Waals surface area contributed by atoms with Crippen molar-refractivity contribution in [3.05, 3.63) is 0 Å². The summed E-state index contributed by atoms with van der Waals surface area (Å²) in [6.45, 7) is 4.76. The third-order valence-corrected chi connectivity index (χ3v) is 5.44. The molecular formula is C16H27N3. The van der Waals surface area contributed by atoms with E-state index in [-0.39, 0.29) is 0 Å². The molecule has 0 aromatic carbocycles. The van der Waals surface area contributed by atoms with Gasteiger partial charge in [-0.2, -0.15) is 5.26 Å². The molecule has 0 aromatic heterocycles. The van der Waals surface area contributed by atoms with Gasteiger partial charge in [-0.05, 0) is 45.2 Å². The van der Waals surface area contributed by atoms with E-state index in [1.54, 1.807) is 0 Å². The van der Waals surface area contributed by atoms with Crippen LogP contribution in [0.5, 0.6) is 0 Å². The van der Waals surface area contributed by atoms with Crippen LogP contribution in [0.3, 0.4) is 0 Å². The van der Waals surface area contributed by atoms with Crippen molar-refractivity contribution < 1.29 is 0 Å². The van der Waals surface area contributed by atoms with Gasteiger partial charge in [-0.3, -0.25) is 9.80 Å². The molecule has 2 aliphatic heterocycles. The third-order valence-electron chi connectivity index (χ3n) is 5.44. The molecular weight excluding hydrogens is 234 g/mol. The second-order valence-corrected chi connectivity index (χ2v) is 6.69. The molecule has 2 unspecified atom stereocenters. The Morgan fingerprint density at radius 2 is 1.47 bits per heavy atom. The number of piperidine rings is 1. The van der Waals surface area contributed by atoms with Crippen LogP contribution in [0.2, 0.25) is 0 Å². The van der Waals surface area contributed by atoms with Crippen molar-refractivity contribution in [3.8, 4) is 6.07 Å². The average Bonchev–Trinajstić information content (AvgIpc) is 2.97. The first-order valence-corrected chi connectivity index (χ1v) is 8.24. The van der Waals surface area contributed by atoms with E-state index in [2.05, 4.69) is 15.9 Å². The Balaban J connectivity index is 1.54. The van der Waals surface area contributed by atoms with Crippen molar-refractivity contribution in [2.24, 2.45) is 5.92 Å². The van der Waals surface area contributed by atoms with Crippen molar-refractivity contribution in [1.82, 2.24) is 9.80 Å². The van der Waals surface area contributed by atoms with Crippen molar-refractivity contribution >= 4 is 0 Å². The molecule has 2 saturated heterocycles. The molecule has 0 bridgehead atoms. The number of nitriles is 1. The molecule has 3 aliphatic rings. The van der Waals surface area contributed by atoms with Crippen molar-refractivity contribution in [1.29, 1.82) is 5.26 Å². The van der Waals surface area contributed by atoms with Gasteiger partial charge in [0.05, 0.1) is 12.0 Å². The summed E-state index contributed by atoms with van der Waals surface area (Å²) in [7, 11) is 0. The van der Waals surface area contributed by atoms with Crippen LogP contribution in [0.4, 0.5) is 0 Å². The lowest BCUT2D eigenvalue weighted by Gasteiger charge is -2.42. The summed E-state index contributed by atoms with van der Waals surface area (Å²) in [6.07, 6.45) is 11.0. The lowest BCUT2D eigenvalue weighted by molar-refractivity contribution is 0.0676. The van der Waals surface area contributed by atoms with E-state index >= 15 is 0 Å². The van der Waals surface area contributed by atoms with E-state index in [1.807, 2.05) is 0 Å². The van der Waals surface area contributed by atoms with Crippen molar-refractivity contribution in [3.63, 3.8) is 0 Å². The van der Waals surface area contributed by atoms with E-state index in [0.717, 1.165) is 31.6 Å². The SMILES string of the molecule is N#CC1CCN(C2CCCN(C3CCCCC3)C2)C1. The first kappa shape index (κ1) is 13.4. The summed E-state index contributed by atoms with van der Waals surface area (Å²) in [4.78, 5) is 5.37. The Morgan fingerprint density at radius 3 is 2.21 bits per heavy atom. The zero-order chi connectivity index (χ0) is 13.1. The van der Waals surface area contributed by atoms with E-state index in [4.69, 9.17) is 5.26 Å². The number of hydrogen-bond acceptors (Lipinski definition) is 3. The zero-order valence-corrected chi connectivity index (χ0v) is 12.1. The van der Waals surface area contributed by atoms with Crippen molar-refractivity contribution in [2.45, 2.75) is 63.5 Å². The van der Waals surface area contributed by atoms with Gasteiger partial charge in [0.15, 0.2) is 0 Å². The van der Waals surface area contributed by atoms with E-state index in [0.29, 0.717) is 5.92 Å². The number of hydrogen-bond donors (Lipinski definition) is 0. The Morgan fingerprint density at radius 1 is 0.737 bits per heavy atom. The first-order valence-electron chi connectivity index (χ1n) is 8.24. The smallest absolute Gasteiger partial charge is 0.0669 e. The van der Waals surface area contributed by atoms with Crippen LogP contribution in [0.15, 0.2) is 0 Å². The Bertz CT molecular complexity index is 329. The van der Waals surface area contributed by atoms with E-state index < -0.39 is 0 Å². The standard InChI is InChI=1S/C16H27N3/c17-11-14-8-10-19(12-14)16-7-4-9-18(13-16)15-5-2-1-3-6-15/h14-16H,1-10,12-13H2. The summed E-state index contributed by atoms with van der Waals surface area (Å²) >= 11 is 0. The lowest BCUT2D eigenvalue weighted by atomic mass is 9.92. The predicted octanol–water partition coefficient (Wildman–Crippen LogP) is 2.63. The number of rotatable bonds is 2. The second kappa shape index (κ2) is 6.24. The van der Waals surface area contributed by atoms with Gasteiger partial charge < -0.3 is 0 Å². The highest BCUT2D eigenvalue weighted by molar-refractivity contribution is 4.95. The molecule has 0 aromatic rings. The minimum absolute atomic E-state index is 0.296. The topological polar surface area (TPSA) is 30.3 Å². The summed E-state index contributed by atoms with van der Waals surface area (Å²) in [5, 5.41) is 9.05. The van der Waals surface area contributed by atoms with Gasteiger partial charge in [-0.15, -0.1) is 0 Å². The number of likely N-dealkylation sites (tertiary alicyclic amines) is 2. The lowest BCUT2D eigenvalue weighted by Crippen LogP contribution is -2.51. The van der Waals surface area contributed by atoms with E-state index in [1.165, 1.54) is 58.0 Å². The predicted molar refractivity (Wildman–Crippen MR) is 76.8 cm³/mol. The molecule has 3 heteroatoms. The molecule has 1 saturated carbocycles. The van der Waals surface area contributed by atoms with Crippen LogP contribution in [0.1, 0.15) is 51.4 Å². The minimum Gasteiger partial charge on any atom is -0.299 e. The molecule has 0 amide bonds. The number of nitrogens with zero attached hydrogens (tertiary/aromatic N) is 3. The Labute approximate surface area is 117 Å². The normalized spacial score (nSPS) is 35.3. The maximum absolute atomic E-state index is 9.05. The molecule has 3 nitrogen and oxygen atoms in total. The fraction of sp³-hybridized carbons (Fsp3) is 0.938. The molecule has 19 heavy (non-hydrogen) atoms. The quantitative estimate of drug-likeness (QED) is 0.765. The fourth-order valence-corrected chi connectivity index (χ4v) is 4.28. The zero-order valence-electron chi connectivity index (χ0n) is 12.1. The van der Waals surface area contributed by atoms with Crippen molar-refractivity contribution in [2.75, 3.05) is 26.2 Å². The largest absolute Gasteiger partial charge is 0.299 e. The molecule has 3 rings (SSSR count). The highest BCUT2D eigenvalue weighted by atomic mass is 15.3.